The lowest BCUT2D eigenvalue weighted by atomic mass is 10.3. The molecule has 54 valence electrons. The van der Waals surface area contributed by atoms with Crippen molar-refractivity contribution in [2.24, 2.45) is 0 Å². The Morgan fingerprint density at radius 2 is 2.50 bits per heavy atom. The zero-order valence-electron chi connectivity index (χ0n) is 5.52. The van der Waals surface area contributed by atoms with Crippen LogP contribution in [0.4, 0.5) is 0 Å². The Hall–Kier alpha value is -0.220. The van der Waals surface area contributed by atoms with E-state index in [1.807, 2.05) is 0 Å². The Bertz CT molecular complexity index is 281. The molecule has 4 heteroatoms. The highest BCUT2D eigenvalue weighted by atomic mass is 79.9. The fraction of sp³-hybridized carbons (Fsp3) is 0.333. The van der Waals surface area contributed by atoms with E-state index in [9.17, 15) is 0 Å². The molecule has 0 spiro atoms. The molecule has 0 aliphatic carbocycles. The third-order valence-electron chi connectivity index (χ3n) is 1.23. The lowest BCUT2D eigenvalue weighted by Gasteiger charge is -1.97. The molecule has 0 aromatic carbocycles. The van der Waals surface area contributed by atoms with E-state index in [1.165, 1.54) is 0 Å². The van der Waals surface area contributed by atoms with Crippen molar-refractivity contribution in [3.8, 4) is 0 Å². The van der Waals surface area contributed by atoms with E-state index in [-0.39, 0.29) is 0 Å². The molecule has 0 atom stereocenters. The quantitative estimate of drug-likeness (QED) is 0.735. The van der Waals surface area contributed by atoms with Gasteiger partial charge in [0.1, 0.15) is 4.64 Å². The van der Waals surface area contributed by atoms with E-state index in [1.54, 1.807) is 6.33 Å². The second kappa shape index (κ2) is 3.25. The summed E-state index contributed by atoms with van der Waals surface area (Å²) in [4.78, 5) is 6.90. The fourth-order valence-corrected chi connectivity index (χ4v) is 1.35. The van der Waals surface area contributed by atoms with Gasteiger partial charge in [0.05, 0.1) is 10.8 Å². The standard InChI is InChI=1S/C6H7BrN2S/c1-2-4-5(7)6(10)9-3-8-4/h3H,2H2,1H3,(H,8,9,10). The predicted molar refractivity (Wildman–Crippen MR) is 46.5 cm³/mol. The summed E-state index contributed by atoms with van der Waals surface area (Å²) in [6.45, 7) is 2.06. The molecular formula is C6H7BrN2S. The molecule has 0 saturated heterocycles. The van der Waals surface area contributed by atoms with E-state index in [4.69, 9.17) is 12.2 Å². The van der Waals surface area contributed by atoms with E-state index < -0.39 is 0 Å². The highest BCUT2D eigenvalue weighted by Gasteiger charge is 1.97. The summed E-state index contributed by atoms with van der Waals surface area (Å²) in [5.74, 6) is 0. The molecule has 0 aliphatic heterocycles. The van der Waals surface area contributed by atoms with Gasteiger partial charge in [-0.25, -0.2) is 4.98 Å². The van der Waals surface area contributed by atoms with Gasteiger partial charge in [-0.05, 0) is 22.4 Å². The van der Waals surface area contributed by atoms with Gasteiger partial charge in [0.2, 0.25) is 0 Å². The molecular weight excluding hydrogens is 212 g/mol. The third-order valence-corrected chi connectivity index (χ3v) is 2.65. The molecule has 0 unspecified atom stereocenters. The SMILES string of the molecule is CCc1[nH]cnc(=S)c1Br. The number of nitrogens with zero attached hydrogens (tertiary/aromatic N) is 1. The number of nitrogens with one attached hydrogen (secondary N) is 1. The monoisotopic (exact) mass is 218 g/mol. The van der Waals surface area contributed by atoms with Gasteiger partial charge < -0.3 is 4.98 Å². The Kier molecular flexibility index (Phi) is 2.56. The van der Waals surface area contributed by atoms with Gasteiger partial charge in [0, 0.05) is 5.69 Å². The van der Waals surface area contributed by atoms with Crippen LogP contribution in [0.2, 0.25) is 0 Å². The topological polar surface area (TPSA) is 28.7 Å². The molecule has 0 radical (unpaired) electrons. The van der Waals surface area contributed by atoms with Crippen molar-refractivity contribution < 1.29 is 0 Å². The largest absolute Gasteiger partial charge is 0.349 e. The first-order valence-corrected chi connectivity index (χ1v) is 4.18. The van der Waals surface area contributed by atoms with Crippen LogP contribution >= 0.6 is 28.1 Å². The van der Waals surface area contributed by atoms with Crippen LogP contribution in [0.15, 0.2) is 10.8 Å². The highest BCUT2D eigenvalue weighted by molar-refractivity contribution is 9.10. The van der Waals surface area contributed by atoms with Crippen molar-refractivity contribution >= 4 is 28.1 Å². The molecule has 10 heavy (non-hydrogen) atoms. The molecule has 0 fully saturated rings. The summed E-state index contributed by atoms with van der Waals surface area (Å²) >= 11 is 8.27. The number of H-pyrrole nitrogens is 1. The van der Waals surface area contributed by atoms with Gasteiger partial charge in [-0.15, -0.1) is 0 Å². The molecule has 0 bridgehead atoms. The van der Waals surface area contributed by atoms with E-state index in [0.29, 0.717) is 4.64 Å². The second-order valence-corrected chi connectivity index (χ2v) is 3.03. The molecule has 1 heterocycles. The zero-order chi connectivity index (χ0) is 7.56. The summed E-state index contributed by atoms with van der Waals surface area (Å²) in [6, 6.07) is 0. The lowest BCUT2D eigenvalue weighted by Crippen LogP contribution is -1.90. The third kappa shape index (κ3) is 1.44. The lowest BCUT2D eigenvalue weighted by molar-refractivity contribution is 0.976. The summed E-state index contributed by atoms with van der Waals surface area (Å²) in [6.07, 6.45) is 2.55. The second-order valence-electron chi connectivity index (χ2n) is 1.85. The fourth-order valence-electron chi connectivity index (χ4n) is 0.675. The summed E-state index contributed by atoms with van der Waals surface area (Å²) in [5, 5.41) is 0. The van der Waals surface area contributed by atoms with Crippen molar-refractivity contribution in [2.45, 2.75) is 13.3 Å². The Morgan fingerprint density at radius 3 is 3.00 bits per heavy atom. The minimum absolute atomic E-state index is 0.621. The van der Waals surface area contributed by atoms with Crippen LogP contribution < -0.4 is 0 Å². The zero-order valence-corrected chi connectivity index (χ0v) is 7.92. The maximum absolute atomic E-state index is 4.93. The molecule has 0 amide bonds. The van der Waals surface area contributed by atoms with Crippen LogP contribution in [0.25, 0.3) is 0 Å². The first kappa shape index (κ1) is 7.88. The van der Waals surface area contributed by atoms with Crippen molar-refractivity contribution in [2.75, 3.05) is 0 Å². The van der Waals surface area contributed by atoms with Gasteiger partial charge in [0.25, 0.3) is 0 Å². The summed E-state index contributed by atoms with van der Waals surface area (Å²) < 4.78 is 1.53. The number of hydrogen-bond donors (Lipinski definition) is 1. The molecule has 1 N–H and O–H groups in total. The maximum atomic E-state index is 4.93. The minimum atomic E-state index is 0.621. The molecule has 0 aliphatic rings. The molecule has 1 rings (SSSR count). The van der Waals surface area contributed by atoms with Crippen molar-refractivity contribution in [3.63, 3.8) is 0 Å². The number of aromatic nitrogens is 2. The number of rotatable bonds is 1. The van der Waals surface area contributed by atoms with Crippen molar-refractivity contribution in [3.05, 3.63) is 21.1 Å². The number of halogens is 1. The number of aryl methyl sites for hydroxylation is 1. The predicted octanol–water partition coefficient (Wildman–Crippen LogP) is 2.46. The van der Waals surface area contributed by atoms with Crippen LogP contribution in [0, 0.1) is 4.64 Å². The van der Waals surface area contributed by atoms with Crippen LogP contribution in [-0.2, 0) is 6.42 Å². The van der Waals surface area contributed by atoms with Gasteiger partial charge in [0.15, 0.2) is 0 Å². The van der Waals surface area contributed by atoms with E-state index in [2.05, 4.69) is 32.8 Å². The average molecular weight is 219 g/mol. The Balaban J connectivity index is 3.28. The summed E-state index contributed by atoms with van der Waals surface area (Å²) in [7, 11) is 0. The molecule has 1 aromatic heterocycles. The van der Waals surface area contributed by atoms with Gasteiger partial charge >= 0.3 is 0 Å². The first-order valence-electron chi connectivity index (χ1n) is 2.97. The average Bonchev–Trinajstić information content (AvgIpc) is 1.95. The van der Waals surface area contributed by atoms with Crippen LogP contribution in [0.5, 0.6) is 0 Å². The maximum Gasteiger partial charge on any atom is 0.143 e. The van der Waals surface area contributed by atoms with Crippen LogP contribution in [-0.4, -0.2) is 9.97 Å². The smallest absolute Gasteiger partial charge is 0.143 e. The van der Waals surface area contributed by atoms with Crippen molar-refractivity contribution in [1.82, 2.24) is 9.97 Å². The Labute approximate surface area is 72.8 Å². The minimum Gasteiger partial charge on any atom is -0.349 e. The molecule has 1 aromatic rings. The highest BCUT2D eigenvalue weighted by Crippen LogP contribution is 2.13. The normalized spacial score (nSPS) is 9.80. The number of aromatic amines is 1. The van der Waals surface area contributed by atoms with Crippen LogP contribution in [0.3, 0.4) is 0 Å². The van der Waals surface area contributed by atoms with E-state index in [0.717, 1.165) is 16.6 Å². The Morgan fingerprint density at radius 1 is 1.80 bits per heavy atom. The van der Waals surface area contributed by atoms with Crippen LogP contribution in [0.1, 0.15) is 12.6 Å². The summed E-state index contributed by atoms with van der Waals surface area (Å²) in [5.41, 5.74) is 1.10. The van der Waals surface area contributed by atoms with Gasteiger partial charge in [-0.1, -0.05) is 19.1 Å². The van der Waals surface area contributed by atoms with Crippen molar-refractivity contribution in [1.29, 1.82) is 0 Å². The molecule has 2 nitrogen and oxygen atoms in total. The van der Waals surface area contributed by atoms with Gasteiger partial charge in [-0.2, -0.15) is 0 Å². The first-order chi connectivity index (χ1) is 4.75. The molecule has 0 saturated carbocycles. The number of hydrogen-bond acceptors (Lipinski definition) is 2. The van der Waals surface area contributed by atoms with E-state index >= 15 is 0 Å². The van der Waals surface area contributed by atoms with Gasteiger partial charge in [-0.3, -0.25) is 0 Å².